The number of aromatic nitrogens is 4. The molecule has 0 fully saturated rings. The third-order valence-electron chi connectivity index (χ3n) is 1.87. The van der Waals surface area contributed by atoms with Crippen LogP contribution < -0.4 is 0 Å². The number of rotatable bonds is 4. The van der Waals surface area contributed by atoms with E-state index in [4.69, 9.17) is 16.3 Å². The molecule has 0 aliphatic carbocycles. The fourth-order valence-corrected chi connectivity index (χ4v) is 1.90. The average molecular weight is 273 g/mol. The lowest BCUT2D eigenvalue weighted by Crippen LogP contribution is -2.01. The summed E-state index contributed by atoms with van der Waals surface area (Å²) in [7, 11) is 0. The Hall–Kier alpha value is -1.34. The highest BCUT2D eigenvalue weighted by atomic mass is 35.5. The molecule has 2 heterocycles. The van der Waals surface area contributed by atoms with Crippen LogP contribution in [0.3, 0.4) is 0 Å². The number of thioether (sulfide) groups is 1. The number of hydrogen-bond acceptors (Lipinski definition) is 6. The summed E-state index contributed by atoms with van der Waals surface area (Å²) in [5.41, 5.74) is 1.16. The summed E-state index contributed by atoms with van der Waals surface area (Å²) < 4.78 is 4.96. The summed E-state index contributed by atoms with van der Waals surface area (Å²) in [6, 6.07) is 0. The summed E-state index contributed by atoms with van der Waals surface area (Å²) in [5.74, 6) is 0.468. The molecular formula is C9H9ClN4O2S. The van der Waals surface area contributed by atoms with Crippen molar-refractivity contribution in [2.75, 3.05) is 12.5 Å². The number of H-pyrrole nitrogens is 1. The lowest BCUT2D eigenvalue weighted by Gasteiger charge is -2.02. The number of fused-ring (bicyclic) bond motifs is 1. The smallest absolute Gasteiger partial charge is 0.373 e. The second-order valence-corrected chi connectivity index (χ2v) is 4.33. The van der Waals surface area contributed by atoms with Gasteiger partial charge in [-0.1, -0.05) is 0 Å². The fraction of sp³-hybridized carbons (Fsp3) is 0.333. The van der Waals surface area contributed by atoms with Gasteiger partial charge in [0.2, 0.25) is 0 Å². The average Bonchev–Trinajstić information content (AvgIpc) is 2.78. The molecule has 2 rings (SSSR count). The summed E-state index contributed by atoms with van der Waals surface area (Å²) in [4.78, 5) is 26.3. The van der Waals surface area contributed by atoms with Crippen LogP contribution in [0.5, 0.6) is 0 Å². The van der Waals surface area contributed by atoms with Gasteiger partial charge in [-0.3, -0.25) is 0 Å². The van der Waals surface area contributed by atoms with Gasteiger partial charge in [-0.05, 0) is 6.42 Å². The molecule has 0 unspecified atom stereocenters. The van der Waals surface area contributed by atoms with Crippen LogP contribution in [0, 0.1) is 0 Å². The number of carbonyl (C=O) groups excluding carboxylic acids is 1. The number of nitrogens with zero attached hydrogens (tertiary/aromatic N) is 3. The molecule has 0 atom stereocenters. The van der Waals surface area contributed by atoms with E-state index in [2.05, 4.69) is 19.9 Å². The molecule has 0 saturated carbocycles. The Bertz CT molecular complexity index is 518. The van der Waals surface area contributed by atoms with Crippen LogP contribution in [0.15, 0.2) is 17.7 Å². The first-order valence-electron chi connectivity index (χ1n) is 4.86. The predicted molar refractivity (Wildman–Crippen MR) is 64.2 cm³/mol. The molecule has 17 heavy (non-hydrogen) atoms. The topological polar surface area (TPSA) is 80.8 Å². The van der Waals surface area contributed by atoms with Crippen molar-refractivity contribution in [1.82, 2.24) is 19.9 Å². The zero-order valence-corrected chi connectivity index (χ0v) is 10.3. The maximum atomic E-state index is 11.5. The van der Waals surface area contributed by atoms with E-state index in [1.807, 2.05) is 0 Å². The van der Waals surface area contributed by atoms with Crippen molar-refractivity contribution in [3.05, 3.63) is 12.7 Å². The molecule has 6 nitrogen and oxygen atoms in total. The van der Waals surface area contributed by atoms with Crippen LogP contribution in [0.4, 0.5) is 4.79 Å². The minimum Gasteiger partial charge on any atom is -0.457 e. The molecule has 0 aliphatic heterocycles. The van der Waals surface area contributed by atoms with E-state index in [1.165, 1.54) is 12.7 Å². The second-order valence-electron chi connectivity index (χ2n) is 3.02. The molecule has 0 bridgehead atoms. The van der Waals surface area contributed by atoms with Gasteiger partial charge in [0.1, 0.15) is 16.9 Å². The number of ether oxygens (including phenoxy) is 1. The monoisotopic (exact) mass is 272 g/mol. The Morgan fingerprint density at radius 2 is 2.35 bits per heavy atom. The molecule has 8 heteroatoms. The molecule has 0 radical (unpaired) electrons. The van der Waals surface area contributed by atoms with Crippen molar-refractivity contribution >= 4 is 39.8 Å². The molecular weight excluding hydrogens is 264 g/mol. The number of alkyl halides is 1. The normalized spacial score (nSPS) is 10.6. The number of nitrogens with one attached hydrogen (secondary N) is 1. The highest BCUT2D eigenvalue weighted by Gasteiger charge is 2.12. The zero-order valence-electron chi connectivity index (χ0n) is 8.72. The van der Waals surface area contributed by atoms with Crippen LogP contribution in [-0.2, 0) is 4.74 Å². The van der Waals surface area contributed by atoms with Crippen LogP contribution in [0.1, 0.15) is 6.42 Å². The Balaban J connectivity index is 2.03. The number of carbonyl (C=O) groups is 1. The van der Waals surface area contributed by atoms with Crippen LogP contribution in [0.25, 0.3) is 11.2 Å². The quantitative estimate of drug-likeness (QED) is 0.302. The third-order valence-corrected chi connectivity index (χ3v) is 2.92. The molecule has 0 aromatic carbocycles. The molecule has 2 aromatic heterocycles. The zero-order chi connectivity index (χ0) is 12.1. The standard InChI is InChI=1S/C9H9ClN4O2S/c10-2-1-3-16-9(15)17-8-6-7(12-4-11-6)13-5-14-8/h4-5H,1-3H2,(H,11,12,13,14). The lowest BCUT2D eigenvalue weighted by molar-refractivity contribution is 0.175. The highest BCUT2D eigenvalue weighted by molar-refractivity contribution is 8.13. The van der Waals surface area contributed by atoms with Gasteiger partial charge in [-0.15, -0.1) is 11.6 Å². The van der Waals surface area contributed by atoms with Crippen LogP contribution >= 0.6 is 23.4 Å². The van der Waals surface area contributed by atoms with Crippen molar-refractivity contribution < 1.29 is 9.53 Å². The van der Waals surface area contributed by atoms with Gasteiger partial charge < -0.3 is 9.72 Å². The Kier molecular flexibility index (Phi) is 4.16. The van der Waals surface area contributed by atoms with Gasteiger partial charge in [0.15, 0.2) is 5.65 Å². The van der Waals surface area contributed by atoms with Crippen molar-refractivity contribution in [3.8, 4) is 0 Å². The van der Waals surface area contributed by atoms with Crippen molar-refractivity contribution in [3.63, 3.8) is 0 Å². The van der Waals surface area contributed by atoms with E-state index >= 15 is 0 Å². The first-order valence-corrected chi connectivity index (χ1v) is 6.21. The van der Waals surface area contributed by atoms with E-state index < -0.39 is 5.30 Å². The Labute approximate surface area is 106 Å². The molecule has 2 aromatic rings. The molecule has 0 saturated heterocycles. The summed E-state index contributed by atoms with van der Waals surface area (Å²) >= 11 is 6.38. The van der Waals surface area contributed by atoms with E-state index in [0.717, 1.165) is 11.8 Å². The van der Waals surface area contributed by atoms with Crippen molar-refractivity contribution in [1.29, 1.82) is 0 Å². The Morgan fingerprint density at radius 3 is 3.18 bits per heavy atom. The van der Waals surface area contributed by atoms with Crippen LogP contribution in [-0.4, -0.2) is 37.7 Å². The molecule has 1 N–H and O–H groups in total. The first-order chi connectivity index (χ1) is 8.31. The second kappa shape index (κ2) is 5.83. The maximum Gasteiger partial charge on any atom is 0.373 e. The van der Waals surface area contributed by atoms with Gasteiger partial charge in [0, 0.05) is 17.6 Å². The highest BCUT2D eigenvalue weighted by Crippen LogP contribution is 2.23. The van der Waals surface area contributed by atoms with E-state index in [1.54, 1.807) is 0 Å². The predicted octanol–water partition coefficient (Wildman–Crippen LogP) is 2.21. The minimum absolute atomic E-state index is 0.312. The number of halogens is 1. The lowest BCUT2D eigenvalue weighted by atomic mass is 10.5. The summed E-state index contributed by atoms with van der Waals surface area (Å²) in [5, 5.41) is 0.0908. The van der Waals surface area contributed by atoms with Crippen LogP contribution in [0.2, 0.25) is 0 Å². The maximum absolute atomic E-state index is 11.5. The van der Waals surface area contributed by atoms with E-state index in [-0.39, 0.29) is 0 Å². The van der Waals surface area contributed by atoms with Gasteiger partial charge in [-0.2, -0.15) is 0 Å². The fourth-order valence-electron chi connectivity index (χ4n) is 1.14. The summed E-state index contributed by atoms with van der Waals surface area (Å²) in [6.07, 6.45) is 3.50. The number of imidazole rings is 1. The van der Waals surface area contributed by atoms with Crippen molar-refractivity contribution in [2.45, 2.75) is 11.4 Å². The molecule has 90 valence electrons. The van der Waals surface area contributed by atoms with Gasteiger partial charge in [0.25, 0.3) is 0 Å². The Morgan fingerprint density at radius 1 is 1.47 bits per heavy atom. The van der Waals surface area contributed by atoms with E-state index in [9.17, 15) is 4.79 Å². The molecule has 0 amide bonds. The van der Waals surface area contributed by atoms with E-state index in [0.29, 0.717) is 35.1 Å². The van der Waals surface area contributed by atoms with Crippen molar-refractivity contribution in [2.24, 2.45) is 0 Å². The number of hydrogen-bond donors (Lipinski definition) is 1. The summed E-state index contributed by atoms with van der Waals surface area (Å²) in [6.45, 7) is 0.312. The SMILES string of the molecule is O=C(OCCCCl)Sc1ncnc2nc[nH]c12. The van der Waals surface area contributed by atoms with Gasteiger partial charge in [0.05, 0.1) is 12.9 Å². The molecule has 0 aliphatic rings. The minimum atomic E-state index is -0.412. The largest absolute Gasteiger partial charge is 0.457 e. The van der Waals surface area contributed by atoms with Gasteiger partial charge >= 0.3 is 5.30 Å². The number of aromatic amines is 1. The first kappa shape index (κ1) is 12.1. The third kappa shape index (κ3) is 3.07. The van der Waals surface area contributed by atoms with Gasteiger partial charge in [-0.25, -0.2) is 19.7 Å². The molecule has 0 spiro atoms.